The molecule has 0 aromatic heterocycles. The fourth-order valence-corrected chi connectivity index (χ4v) is 3.01. The molecule has 0 saturated heterocycles. The minimum Gasteiger partial charge on any atom is -0.378 e. The molecule has 1 aliphatic rings. The highest BCUT2D eigenvalue weighted by atomic mass is 32.2. The zero-order chi connectivity index (χ0) is 14.8. The first-order chi connectivity index (χ1) is 10.1. The van der Waals surface area contributed by atoms with Gasteiger partial charge in [-0.15, -0.1) is 0 Å². The van der Waals surface area contributed by atoms with Gasteiger partial charge in [0.1, 0.15) is 5.25 Å². The zero-order valence-electron chi connectivity index (χ0n) is 11.1. The van der Waals surface area contributed by atoms with E-state index in [1.165, 1.54) is 0 Å². The lowest BCUT2D eigenvalue weighted by Gasteiger charge is -2.17. The number of rotatable bonds is 2. The van der Waals surface area contributed by atoms with Crippen molar-refractivity contribution in [3.8, 4) is 0 Å². The van der Waals surface area contributed by atoms with Crippen LogP contribution >= 0.6 is 11.8 Å². The van der Waals surface area contributed by atoms with Gasteiger partial charge in [0.25, 0.3) is 0 Å². The molecular formula is C15H13N3O2S. The molecule has 0 bridgehead atoms. The lowest BCUT2D eigenvalue weighted by Crippen LogP contribution is -2.33. The van der Waals surface area contributed by atoms with Gasteiger partial charge in [0.15, 0.2) is 5.17 Å². The molecule has 3 N–H and O–H groups in total. The first-order valence-electron chi connectivity index (χ1n) is 6.45. The number of carbonyl (C=O) groups excluding carboxylic acids is 2. The summed E-state index contributed by atoms with van der Waals surface area (Å²) >= 11 is 1.12. The van der Waals surface area contributed by atoms with Crippen molar-refractivity contribution in [2.45, 2.75) is 11.7 Å². The van der Waals surface area contributed by atoms with Crippen LogP contribution in [0.25, 0.3) is 10.8 Å². The van der Waals surface area contributed by atoms with E-state index < -0.39 is 5.25 Å². The third-order valence-corrected chi connectivity index (χ3v) is 4.17. The van der Waals surface area contributed by atoms with E-state index in [9.17, 15) is 9.59 Å². The fraction of sp³-hybridized carbons (Fsp3) is 0.133. The maximum Gasteiger partial charge on any atom is 0.249 e. The maximum atomic E-state index is 12.2. The topological polar surface area (TPSA) is 84.5 Å². The van der Waals surface area contributed by atoms with Gasteiger partial charge >= 0.3 is 0 Å². The molecular weight excluding hydrogens is 286 g/mol. The van der Waals surface area contributed by atoms with Gasteiger partial charge < -0.3 is 11.1 Å². The average Bonchev–Trinajstić information content (AvgIpc) is 2.46. The van der Waals surface area contributed by atoms with Crippen LogP contribution in [0.3, 0.4) is 0 Å². The summed E-state index contributed by atoms with van der Waals surface area (Å²) in [5.74, 6) is -0.591. The number of nitrogens with two attached hydrogens (primary N) is 1. The number of carbonyl (C=O) groups is 2. The highest BCUT2D eigenvalue weighted by molar-refractivity contribution is 8.15. The first-order valence-corrected chi connectivity index (χ1v) is 7.33. The quantitative estimate of drug-likeness (QED) is 0.889. The Morgan fingerprint density at radius 1 is 1.24 bits per heavy atom. The van der Waals surface area contributed by atoms with Crippen molar-refractivity contribution in [3.05, 3.63) is 42.5 Å². The highest BCUT2D eigenvalue weighted by Gasteiger charge is 2.27. The van der Waals surface area contributed by atoms with E-state index >= 15 is 0 Å². The monoisotopic (exact) mass is 299 g/mol. The van der Waals surface area contributed by atoms with Gasteiger partial charge in [-0.25, -0.2) is 0 Å². The number of nitrogens with one attached hydrogen (secondary N) is 1. The van der Waals surface area contributed by atoms with Crippen molar-refractivity contribution >= 4 is 45.2 Å². The summed E-state index contributed by atoms with van der Waals surface area (Å²) in [6, 6.07) is 13.6. The molecule has 1 atom stereocenters. The van der Waals surface area contributed by atoms with Crippen molar-refractivity contribution < 1.29 is 9.59 Å². The van der Waals surface area contributed by atoms with Crippen molar-refractivity contribution in [1.29, 1.82) is 0 Å². The van der Waals surface area contributed by atoms with E-state index in [2.05, 4.69) is 10.3 Å². The number of anilines is 1. The standard InChI is InChI=1S/C15H13N3O2S/c16-15-18-13(19)8-12(21-15)14(20)17-11-6-5-9-3-1-2-4-10(9)7-11/h1-7,12H,8H2,(H,17,20)(H2,16,18,19)/t12-/m0/s1. The summed E-state index contributed by atoms with van der Waals surface area (Å²) < 4.78 is 0. The molecule has 3 rings (SSSR count). The highest BCUT2D eigenvalue weighted by Crippen LogP contribution is 2.23. The van der Waals surface area contributed by atoms with Crippen LogP contribution in [0.15, 0.2) is 47.5 Å². The summed E-state index contributed by atoms with van der Waals surface area (Å²) in [6.07, 6.45) is 0.0742. The number of amides is 2. The summed E-state index contributed by atoms with van der Waals surface area (Å²) in [4.78, 5) is 27.2. The normalized spacial score (nSPS) is 18.4. The Morgan fingerprint density at radius 2 is 2.00 bits per heavy atom. The van der Waals surface area contributed by atoms with Gasteiger partial charge in [0, 0.05) is 5.69 Å². The van der Waals surface area contributed by atoms with Crippen LogP contribution in [-0.2, 0) is 9.59 Å². The third kappa shape index (κ3) is 3.05. The zero-order valence-corrected chi connectivity index (χ0v) is 11.9. The van der Waals surface area contributed by atoms with Gasteiger partial charge in [0.2, 0.25) is 11.8 Å². The van der Waals surface area contributed by atoms with E-state index in [1.54, 1.807) is 0 Å². The molecule has 0 radical (unpaired) electrons. The number of aliphatic imine (C=N–C) groups is 1. The Hall–Kier alpha value is -2.34. The van der Waals surface area contributed by atoms with Crippen LogP contribution in [0.4, 0.5) is 5.69 Å². The first kappa shape index (κ1) is 13.6. The molecule has 0 unspecified atom stereocenters. The Balaban J connectivity index is 1.77. The number of benzene rings is 2. The van der Waals surface area contributed by atoms with Crippen LogP contribution in [0.2, 0.25) is 0 Å². The molecule has 0 fully saturated rings. The van der Waals surface area contributed by atoms with Crippen molar-refractivity contribution in [2.24, 2.45) is 10.7 Å². The van der Waals surface area contributed by atoms with E-state index in [0.717, 1.165) is 22.5 Å². The molecule has 5 nitrogen and oxygen atoms in total. The Bertz CT molecular complexity index is 757. The lowest BCUT2D eigenvalue weighted by molar-refractivity contribution is -0.121. The molecule has 0 saturated carbocycles. The minimum atomic E-state index is -0.526. The summed E-state index contributed by atoms with van der Waals surface area (Å²) in [6.45, 7) is 0. The van der Waals surface area contributed by atoms with Gasteiger partial charge in [-0.3, -0.25) is 9.59 Å². The van der Waals surface area contributed by atoms with Crippen LogP contribution in [0, 0.1) is 0 Å². The van der Waals surface area contributed by atoms with Crippen molar-refractivity contribution in [3.63, 3.8) is 0 Å². The molecule has 6 heteroatoms. The van der Waals surface area contributed by atoms with Gasteiger partial charge in [-0.2, -0.15) is 4.99 Å². The molecule has 2 amide bonds. The van der Waals surface area contributed by atoms with E-state index in [0.29, 0.717) is 5.69 Å². The largest absolute Gasteiger partial charge is 0.378 e. The fourth-order valence-electron chi connectivity index (χ4n) is 2.18. The predicted molar refractivity (Wildman–Crippen MR) is 85.2 cm³/mol. The van der Waals surface area contributed by atoms with E-state index in [1.807, 2.05) is 42.5 Å². The molecule has 0 aliphatic carbocycles. The molecule has 0 spiro atoms. The van der Waals surface area contributed by atoms with E-state index in [-0.39, 0.29) is 23.4 Å². The van der Waals surface area contributed by atoms with Gasteiger partial charge in [0.05, 0.1) is 6.42 Å². The maximum absolute atomic E-state index is 12.2. The third-order valence-electron chi connectivity index (χ3n) is 3.17. The Labute approximate surface area is 125 Å². The number of hydrogen-bond donors (Lipinski definition) is 2. The molecule has 2 aromatic carbocycles. The molecule has 21 heavy (non-hydrogen) atoms. The van der Waals surface area contributed by atoms with Crippen LogP contribution < -0.4 is 11.1 Å². The minimum absolute atomic E-state index is 0.0742. The molecule has 1 aliphatic heterocycles. The number of thioether (sulfide) groups is 1. The smallest absolute Gasteiger partial charge is 0.249 e. The number of amidine groups is 1. The molecule has 106 valence electrons. The molecule has 2 aromatic rings. The van der Waals surface area contributed by atoms with Crippen LogP contribution in [0.1, 0.15) is 6.42 Å². The number of fused-ring (bicyclic) bond motifs is 1. The van der Waals surface area contributed by atoms with Crippen molar-refractivity contribution in [1.82, 2.24) is 0 Å². The second-order valence-electron chi connectivity index (χ2n) is 4.71. The van der Waals surface area contributed by atoms with Gasteiger partial charge in [-0.05, 0) is 22.9 Å². The van der Waals surface area contributed by atoms with Crippen LogP contribution in [0.5, 0.6) is 0 Å². The Kier molecular flexibility index (Phi) is 3.62. The number of nitrogens with zero attached hydrogens (tertiary/aromatic N) is 1. The van der Waals surface area contributed by atoms with Crippen molar-refractivity contribution in [2.75, 3.05) is 5.32 Å². The second kappa shape index (κ2) is 5.57. The summed E-state index contributed by atoms with van der Waals surface area (Å²) in [5, 5.41) is 4.59. The average molecular weight is 299 g/mol. The SMILES string of the molecule is NC1=NC(=O)C[C@@H](C(=O)Nc2ccc3ccccc3c2)S1. The number of hydrogen-bond acceptors (Lipinski definition) is 4. The Morgan fingerprint density at radius 3 is 2.76 bits per heavy atom. The predicted octanol–water partition coefficient (Wildman–Crippen LogP) is 2.13. The summed E-state index contributed by atoms with van der Waals surface area (Å²) in [5.41, 5.74) is 6.23. The summed E-state index contributed by atoms with van der Waals surface area (Å²) in [7, 11) is 0. The second-order valence-corrected chi connectivity index (χ2v) is 5.93. The van der Waals surface area contributed by atoms with Gasteiger partial charge in [-0.1, -0.05) is 42.1 Å². The van der Waals surface area contributed by atoms with Crippen LogP contribution in [-0.4, -0.2) is 22.2 Å². The molecule has 1 heterocycles. The lowest BCUT2D eigenvalue weighted by atomic mass is 10.1. The van der Waals surface area contributed by atoms with E-state index in [4.69, 9.17) is 5.73 Å².